The minimum Gasteiger partial charge on any atom is -0.371 e. The van der Waals surface area contributed by atoms with Crippen molar-refractivity contribution < 1.29 is 9.59 Å². The first-order valence-electron chi connectivity index (χ1n) is 9.20. The van der Waals surface area contributed by atoms with Crippen molar-refractivity contribution in [2.75, 3.05) is 29.9 Å². The molecular formula is C21H24BrN3O2. The summed E-state index contributed by atoms with van der Waals surface area (Å²) in [6.45, 7) is 4.74. The minimum atomic E-state index is -0.181. The van der Waals surface area contributed by atoms with Gasteiger partial charge in [-0.15, -0.1) is 0 Å². The predicted molar refractivity (Wildman–Crippen MR) is 112 cm³/mol. The molecule has 1 saturated heterocycles. The van der Waals surface area contributed by atoms with Gasteiger partial charge in [0.05, 0.1) is 0 Å². The number of nitrogens with zero attached hydrogens (tertiary/aromatic N) is 1. The molecule has 5 nitrogen and oxygen atoms in total. The summed E-state index contributed by atoms with van der Waals surface area (Å²) in [5, 5.41) is 5.64. The highest BCUT2D eigenvalue weighted by Gasteiger charge is 2.18. The van der Waals surface area contributed by atoms with Crippen molar-refractivity contribution in [3.8, 4) is 0 Å². The molecule has 0 bridgehead atoms. The Morgan fingerprint density at radius 1 is 1.11 bits per heavy atom. The van der Waals surface area contributed by atoms with Crippen LogP contribution in [0.4, 0.5) is 11.4 Å². The number of anilines is 2. The monoisotopic (exact) mass is 429 g/mol. The van der Waals surface area contributed by atoms with Gasteiger partial charge in [0.1, 0.15) is 0 Å². The Morgan fingerprint density at radius 3 is 2.44 bits per heavy atom. The summed E-state index contributed by atoms with van der Waals surface area (Å²) in [5.74, 6) is 0.435. The van der Waals surface area contributed by atoms with Crippen LogP contribution in [0.2, 0.25) is 0 Å². The molecule has 2 aromatic rings. The third kappa shape index (κ3) is 5.57. The maximum absolute atomic E-state index is 12.1. The molecule has 27 heavy (non-hydrogen) atoms. The second-order valence-electron chi connectivity index (χ2n) is 6.95. The molecule has 1 atom stereocenters. The van der Waals surface area contributed by atoms with E-state index in [1.54, 1.807) is 12.1 Å². The largest absolute Gasteiger partial charge is 0.371 e. The number of benzene rings is 2. The van der Waals surface area contributed by atoms with Crippen LogP contribution in [0.3, 0.4) is 0 Å². The maximum Gasteiger partial charge on any atom is 0.251 e. The molecule has 3 rings (SSSR count). The highest BCUT2D eigenvalue weighted by atomic mass is 79.9. The van der Waals surface area contributed by atoms with Gasteiger partial charge in [-0.25, -0.2) is 0 Å². The number of amides is 2. The van der Waals surface area contributed by atoms with Gasteiger partial charge in [0.15, 0.2) is 0 Å². The number of carbonyl (C=O) groups excluding carboxylic acids is 2. The second kappa shape index (κ2) is 9.04. The van der Waals surface area contributed by atoms with Crippen molar-refractivity contribution in [3.63, 3.8) is 0 Å². The van der Waals surface area contributed by atoms with Crippen molar-refractivity contribution in [2.24, 2.45) is 5.92 Å². The van der Waals surface area contributed by atoms with Crippen molar-refractivity contribution in [2.45, 2.75) is 19.8 Å². The topological polar surface area (TPSA) is 61.4 Å². The van der Waals surface area contributed by atoms with Crippen LogP contribution in [-0.4, -0.2) is 31.4 Å². The van der Waals surface area contributed by atoms with Crippen LogP contribution < -0.4 is 15.5 Å². The summed E-state index contributed by atoms with van der Waals surface area (Å²) in [6.07, 6.45) is 1.46. The van der Waals surface area contributed by atoms with Crippen LogP contribution in [0.15, 0.2) is 53.0 Å². The Labute approximate surface area is 168 Å². The molecule has 0 aromatic heterocycles. The van der Waals surface area contributed by atoms with Gasteiger partial charge in [-0.05, 0) is 60.9 Å². The Morgan fingerprint density at radius 2 is 1.81 bits per heavy atom. The van der Waals surface area contributed by atoms with Gasteiger partial charge in [-0.2, -0.15) is 0 Å². The predicted octanol–water partition coefficient (Wildman–Crippen LogP) is 4.05. The molecule has 1 heterocycles. The summed E-state index contributed by atoms with van der Waals surface area (Å²) in [5.41, 5.74) is 2.54. The Bertz CT molecular complexity index is 790. The third-order valence-electron chi connectivity index (χ3n) is 4.68. The van der Waals surface area contributed by atoms with Crippen LogP contribution in [0.25, 0.3) is 0 Å². The van der Waals surface area contributed by atoms with E-state index in [0.29, 0.717) is 12.1 Å². The van der Waals surface area contributed by atoms with Gasteiger partial charge >= 0.3 is 0 Å². The number of carbonyl (C=O) groups is 2. The zero-order valence-corrected chi connectivity index (χ0v) is 17.0. The molecule has 1 aliphatic heterocycles. The molecule has 2 N–H and O–H groups in total. The fraction of sp³-hybridized carbons (Fsp3) is 0.333. The third-order valence-corrected chi connectivity index (χ3v) is 5.21. The number of halogens is 1. The summed E-state index contributed by atoms with van der Waals surface area (Å²) < 4.78 is 0.920. The molecule has 0 radical (unpaired) electrons. The van der Waals surface area contributed by atoms with Gasteiger partial charge in [0.25, 0.3) is 5.91 Å². The molecule has 1 unspecified atom stereocenters. The first kappa shape index (κ1) is 19.4. The lowest BCUT2D eigenvalue weighted by Gasteiger charge is -2.18. The minimum absolute atomic E-state index is 0.117. The zero-order chi connectivity index (χ0) is 19.2. The molecule has 1 fully saturated rings. The average molecular weight is 430 g/mol. The standard InChI is InChI=1S/C21H24BrN3O2/c1-15-11-13-25(14-15)19-8-6-18(7-9-19)24-20(26)10-12-23-21(27)16-2-4-17(22)5-3-16/h2-9,15H,10-14H2,1H3,(H,23,27)(H,24,26). The van der Waals surface area contributed by atoms with Gasteiger partial charge in [-0.1, -0.05) is 22.9 Å². The van der Waals surface area contributed by atoms with Crippen molar-refractivity contribution in [1.82, 2.24) is 5.32 Å². The lowest BCUT2D eigenvalue weighted by molar-refractivity contribution is -0.116. The van der Waals surface area contributed by atoms with E-state index in [9.17, 15) is 9.59 Å². The van der Waals surface area contributed by atoms with Crippen molar-refractivity contribution in [1.29, 1.82) is 0 Å². The smallest absolute Gasteiger partial charge is 0.251 e. The molecule has 0 aliphatic carbocycles. The normalized spacial score (nSPS) is 16.2. The van der Waals surface area contributed by atoms with E-state index in [1.807, 2.05) is 36.4 Å². The Hall–Kier alpha value is -2.34. The lowest BCUT2D eigenvalue weighted by atomic mass is 10.2. The van der Waals surface area contributed by atoms with E-state index in [1.165, 1.54) is 12.1 Å². The number of hydrogen-bond acceptors (Lipinski definition) is 3. The summed E-state index contributed by atoms with van der Waals surface area (Å²) >= 11 is 3.34. The van der Waals surface area contributed by atoms with Crippen LogP contribution in [-0.2, 0) is 4.79 Å². The van der Waals surface area contributed by atoms with Crippen molar-refractivity contribution in [3.05, 3.63) is 58.6 Å². The summed E-state index contributed by atoms with van der Waals surface area (Å²) in [4.78, 5) is 26.5. The highest BCUT2D eigenvalue weighted by molar-refractivity contribution is 9.10. The Balaban J connectivity index is 1.42. The van der Waals surface area contributed by atoms with Crippen LogP contribution in [0, 0.1) is 5.92 Å². The van der Waals surface area contributed by atoms with E-state index in [0.717, 1.165) is 29.2 Å². The molecule has 2 aromatic carbocycles. The maximum atomic E-state index is 12.1. The molecule has 6 heteroatoms. The zero-order valence-electron chi connectivity index (χ0n) is 15.4. The fourth-order valence-electron chi connectivity index (χ4n) is 3.14. The fourth-order valence-corrected chi connectivity index (χ4v) is 3.41. The lowest BCUT2D eigenvalue weighted by Crippen LogP contribution is -2.27. The van der Waals surface area contributed by atoms with Crippen molar-refractivity contribution >= 4 is 39.1 Å². The van der Waals surface area contributed by atoms with E-state index >= 15 is 0 Å². The number of nitrogens with one attached hydrogen (secondary N) is 2. The molecule has 0 spiro atoms. The highest BCUT2D eigenvalue weighted by Crippen LogP contribution is 2.24. The summed E-state index contributed by atoms with van der Waals surface area (Å²) in [6, 6.07) is 15.0. The number of rotatable bonds is 6. The quantitative estimate of drug-likeness (QED) is 0.727. The first-order valence-corrected chi connectivity index (χ1v) is 9.99. The van der Waals surface area contributed by atoms with Crippen LogP contribution in [0.5, 0.6) is 0 Å². The van der Waals surface area contributed by atoms with Crippen LogP contribution >= 0.6 is 15.9 Å². The molecule has 142 valence electrons. The van der Waals surface area contributed by atoms with Gasteiger partial charge in [-0.3, -0.25) is 9.59 Å². The Kier molecular flexibility index (Phi) is 6.50. The van der Waals surface area contributed by atoms with Crippen LogP contribution in [0.1, 0.15) is 30.1 Å². The molecule has 2 amide bonds. The molecular weight excluding hydrogens is 406 g/mol. The first-order chi connectivity index (χ1) is 13.0. The SMILES string of the molecule is CC1CCN(c2ccc(NC(=O)CCNC(=O)c3ccc(Br)cc3)cc2)C1. The van der Waals surface area contributed by atoms with Gasteiger partial charge in [0, 0.05) is 47.5 Å². The summed E-state index contributed by atoms with van der Waals surface area (Å²) in [7, 11) is 0. The van der Waals surface area contributed by atoms with Gasteiger partial charge < -0.3 is 15.5 Å². The molecule has 1 aliphatic rings. The molecule has 0 saturated carbocycles. The van der Waals surface area contributed by atoms with E-state index in [2.05, 4.69) is 38.4 Å². The van der Waals surface area contributed by atoms with Gasteiger partial charge in [0.2, 0.25) is 5.91 Å². The average Bonchev–Trinajstić information content (AvgIpc) is 3.09. The van der Waals surface area contributed by atoms with E-state index < -0.39 is 0 Å². The van der Waals surface area contributed by atoms with E-state index in [4.69, 9.17) is 0 Å². The second-order valence-corrected chi connectivity index (χ2v) is 7.86. The van der Waals surface area contributed by atoms with E-state index in [-0.39, 0.29) is 18.2 Å². The number of hydrogen-bond donors (Lipinski definition) is 2.